The average molecular weight is 388 g/mol. The lowest BCUT2D eigenvalue weighted by atomic mass is 9.95. The van der Waals surface area contributed by atoms with Gasteiger partial charge in [-0.2, -0.15) is 0 Å². The topological polar surface area (TPSA) is 91.4 Å². The van der Waals surface area contributed by atoms with Gasteiger partial charge < -0.3 is 4.90 Å². The monoisotopic (exact) mass is 388 g/mol. The third-order valence-corrected chi connectivity index (χ3v) is 4.54. The summed E-state index contributed by atoms with van der Waals surface area (Å²) in [4.78, 5) is 41.8. The van der Waals surface area contributed by atoms with Gasteiger partial charge in [0, 0.05) is 37.5 Å². The van der Waals surface area contributed by atoms with E-state index in [9.17, 15) is 23.2 Å². The molecule has 9 heteroatoms. The number of likely N-dealkylation sites (tertiary alicyclic amines) is 1. The number of rotatable bonds is 3. The molecule has 2 aromatic rings. The van der Waals surface area contributed by atoms with Crippen LogP contribution in [-0.4, -0.2) is 40.7 Å². The van der Waals surface area contributed by atoms with Crippen molar-refractivity contribution in [2.24, 2.45) is 5.92 Å². The summed E-state index contributed by atoms with van der Waals surface area (Å²) in [6.07, 6.45) is 3.63. The van der Waals surface area contributed by atoms with Crippen LogP contribution in [0.2, 0.25) is 0 Å². The van der Waals surface area contributed by atoms with Crippen LogP contribution in [0, 0.1) is 17.6 Å². The van der Waals surface area contributed by atoms with Gasteiger partial charge in [-0.05, 0) is 37.1 Å². The van der Waals surface area contributed by atoms with Crippen molar-refractivity contribution in [3.8, 4) is 0 Å². The van der Waals surface area contributed by atoms with Crippen LogP contribution in [0.1, 0.15) is 33.6 Å². The standard InChI is InChI=1S/C19H18F2N4O3/c20-14-3-4-15(16(21)10-14)19(28)25-8-5-12(6-9-25)17(26)23-24-18(27)13-2-1-7-22-11-13/h1-4,7,10-12H,5-6,8-9H2,(H,23,26)(H,24,27). The molecule has 146 valence electrons. The zero-order valence-electron chi connectivity index (χ0n) is 14.8. The maximum absolute atomic E-state index is 13.8. The van der Waals surface area contributed by atoms with Crippen LogP contribution < -0.4 is 10.9 Å². The van der Waals surface area contributed by atoms with Crippen molar-refractivity contribution < 1.29 is 23.2 Å². The first kappa shape index (κ1) is 19.4. The van der Waals surface area contributed by atoms with Gasteiger partial charge in [0.05, 0.1) is 11.1 Å². The van der Waals surface area contributed by atoms with E-state index in [-0.39, 0.29) is 24.6 Å². The predicted octanol–water partition coefficient (Wildman–Crippen LogP) is 1.67. The summed E-state index contributed by atoms with van der Waals surface area (Å²) >= 11 is 0. The number of carbonyl (C=O) groups is 3. The molecule has 0 radical (unpaired) electrons. The largest absolute Gasteiger partial charge is 0.339 e. The van der Waals surface area contributed by atoms with Gasteiger partial charge >= 0.3 is 0 Å². The molecule has 0 saturated carbocycles. The van der Waals surface area contributed by atoms with E-state index < -0.39 is 29.4 Å². The Balaban J connectivity index is 1.50. The number of hydrogen-bond acceptors (Lipinski definition) is 4. The zero-order chi connectivity index (χ0) is 20.1. The molecule has 1 aliphatic rings. The number of benzene rings is 1. The van der Waals surface area contributed by atoms with Crippen LogP contribution in [0.25, 0.3) is 0 Å². The molecule has 3 rings (SSSR count). The van der Waals surface area contributed by atoms with Gasteiger partial charge in [-0.1, -0.05) is 0 Å². The number of piperidine rings is 1. The number of pyridine rings is 1. The van der Waals surface area contributed by atoms with Crippen LogP contribution in [0.15, 0.2) is 42.7 Å². The molecule has 0 bridgehead atoms. The van der Waals surface area contributed by atoms with Crippen LogP contribution >= 0.6 is 0 Å². The summed E-state index contributed by atoms with van der Waals surface area (Å²) in [5, 5.41) is 0. The van der Waals surface area contributed by atoms with E-state index in [0.29, 0.717) is 24.5 Å². The summed E-state index contributed by atoms with van der Waals surface area (Å²) in [6.45, 7) is 0.509. The van der Waals surface area contributed by atoms with Gasteiger partial charge in [-0.25, -0.2) is 8.78 Å². The summed E-state index contributed by atoms with van der Waals surface area (Å²) in [5.41, 5.74) is 4.80. The molecule has 1 fully saturated rings. The van der Waals surface area contributed by atoms with E-state index in [1.807, 2.05) is 0 Å². The third kappa shape index (κ3) is 4.48. The van der Waals surface area contributed by atoms with Crippen molar-refractivity contribution in [1.82, 2.24) is 20.7 Å². The normalized spacial score (nSPS) is 14.4. The van der Waals surface area contributed by atoms with Gasteiger partial charge in [0.15, 0.2) is 0 Å². The molecule has 1 aromatic heterocycles. The van der Waals surface area contributed by atoms with Crippen LogP contribution in [0.3, 0.4) is 0 Å². The number of halogens is 2. The minimum atomic E-state index is -0.914. The molecule has 1 aromatic carbocycles. The maximum Gasteiger partial charge on any atom is 0.271 e. The van der Waals surface area contributed by atoms with Crippen molar-refractivity contribution in [2.75, 3.05) is 13.1 Å². The number of nitrogens with one attached hydrogen (secondary N) is 2. The number of nitrogens with zero attached hydrogens (tertiary/aromatic N) is 2. The van der Waals surface area contributed by atoms with Crippen LogP contribution in [0.4, 0.5) is 8.78 Å². The molecular formula is C19H18F2N4O3. The van der Waals surface area contributed by atoms with Gasteiger partial charge in [0.25, 0.3) is 11.8 Å². The van der Waals surface area contributed by atoms with E-state index in [1.54, 1.807) is 12.1 Å². The molecule has 2 heterocycles. The Bertz CT molecular complexity index is 884. The van der Waals surface area contributed by atoms with E-state index in [0.717, 1.165) is 12.1 Å². The fourth-order valence-corrected chi connectivity index (χ4v) is 2.97. The fraction of sp³-hybridized carbons (Fsp3) is 0.263. The quantitative estimate of drug-likeness (QED) is 0.783. The Morgan fingerprint density at radius 1 is 1.07 bits per heavy atom. The Morgan fingerprint density at radius 3 is 2.46 bits per heavy atom. The summed E-state index contributed by atoms with van der Waals surface area (Å²) in [5.74, 6) is -3.45. The second-order valence-electron chi connectivity index (χ2n) is 6.38. The van der Waals surface area contributed by atoms with Crippen molar-refractivity contribution in [1.29, 1.82) is 0 Å². The molecule has 1 saturated heterocycles. The highest BCUT2D eigenvalue weighted by Crippen LogP contribution is 2.20. The van der Waals surface area contributed by atoms with Crippen LogP contribution in [-0.2, 0) is 4.79 Å². The number of aromatic nitrogens is 1. The predicted molar refractivity (Wildman–Crippen MR) is 94.8 cm³/mol. The highest BCUT2D eigenvalue weighted by Gasteiger charge is 2.29. The molecule has 1 aliphatic heterocycles. The molecule has 0 unspecified atom stereocenters. The van der Waals surface area contributed by atoms with Crippen molar-refractivity contribution >= 4 is 17.7 Å². The second kappa shape index (κ2) is 8.55. The second-order valence-corrected chi connectivity index (χ2v) is 6.38. The molecule has 0 atom stereocenters. The third-order valence-electron chi connectivity index (χ3n) is 4.54. The smallest absolute Gasteiger partial charge is 0.271 e. The highest BCUT2D eigenvalue weighted by molar-refractivity contribution is 5.96. The summed E-state index contributed by atoms with van der Waals surface area (Å²) in [6, 6.07) is 5.97. The summed E-state index contributed by atoms with van der Waals surface area (Å²) in [7, 11) is 0. The molecule has 7 nitrogen and oxygen atoms in total. The van der Waals surface area contributed by atoms with E-state index in [2.05, 4.69) is 15.8 Å². The summed E-state index contributed by atoms with van der Waals surface area (Å²) < 4.78 is 26.8. The minimum absolute atomic E-state index is 0.201. The lowest BCUT2D eigenvalue weighted by Crippen LogP contribution is -2.48. The van der Waals surface area contributed by atoms with E-state index in [1.165, 1.54) is 17.3 Å². The molecule has 28 heavy (non-hydrogen) atoms. The van der Waals surface area contributed by atoms with Gasteiger partial charge in [-0.15, -0.1) is 0 Å². The average Bonchev–Trinajstić information content (AvgIpc) is 2.72. The van der Waals surface area contributed by atoms with Gasteiger partial charge in [-0.3, -0.25) is 30.2 Å². The van der Waals surface area contributed by atoms with Gasteiger partial charge in [0.1, 0.15) is 11.6 Å². The molecular weight excluding hydrogens is 370 g/mol. The maximum atomic E-state index is 13.8. The SMILES string of the molecule is O=C(NNC(=O)C1CCN(C(=O)c2ccc(F)cc2F)CC1)c1cccnc1. The molecule has 3 amide bonds. The first-order valence-corrected chi connectivity index (χ1v) is 8.70. The first-order valence-electron chi connectivity index (χ1n) is 8.70. The van der Waals surface area contributed by atoms with E-state index in [4.69, 9.17) is 0 Å². The Kier molecular flexibility index (Phi) is 5.93. The van der Waals surface area contributed by atoms with Gasteiger partial charge in [0.2, 0.25) is 5.91 Å². The number of hydrazine groups is 1. The van der Waals surface area contributed by atoms with Crippen LogP contribution in [0.5, 0.6) is 0 Å². The molecule has 0 spiro atoms. The molecule has 0 aliphatic carbocycles. The van der Waals surface area contributed by atoms with Crippen molar-refractivity contribution in [3.63, 3.8) is 0 Å². The Labute approximate surface area is 159 Å². The first-order chi connectivity index (χ1) is 13.5. The Hall–Kier alpha value is -3.36. The number of hydrogen-bond donors (Lipinski definition) is 2. The lowest BCUT2D eigenvalue weighted by Gasteiger charge is -2.31. The zero-order valence-corrected chi connectivity index (χ0v) is 14.8. The van der Waals surface area contributed by atoms with Crippen molar-refractivity contribution in [3.05, 3.63) is 65.5 Å². The number of carbonyl (C=O) groups excluding carboxylic acids is 3. The Morgan fingerprint density at radius 2 is 1.82 bits per heavy atom. The number of amides is 3. The highest BCUT2D eigenvalue weighted by atomic mass is 19.1. The molecule has 2 N–H and O–H groups in total. The lowest BCUT2D eigenvalue weighted by molar-refractivity contribution is -0.127. The fourth-order valence-electron chi connectivity index (χ4n) is 2.97. The van der Waals surface area contributed by atoms with E-state index >= 15 is 0 Å². The minimum Gasteiger partial charge on any atom is -0.339 e. The van der Waals surface area contributed by atoms with Crippen molar-refractivity contribution in [2.45, 2.75) is 12.8 Å².